The van der Waals surface area contributed by atoms with Crippen molar-refractivity contribution in [1.82, 2.24) is 10.2 Å². The van der Waals surface area contributed by atoms with Gasteiger partial charge in [-0.25, -0.2) is 4.39 Å². The minimum Gasteiger partial charge on any atom is -0.334 e. The molecule has 1 aromatic carbocycles. The maximum Gasteiger partial charge on any atom is 0.242 e. The van der Waals surface area contributed by atoms with Gasteiger partial charge in [-0.2, -0.15) is 0 Å². The molecule has 1 saturated carbocycles. The average molecular weight is 264 g/mol. The highest BCUT2D eigenvalue weighted by atomic mass is 19.1. The van der Waals surface area contributed by atoms with Crippen molar-refractivity contribution in [3.63, 3.8) is 0 Å². The van der Waals surface area contributed by atoms with E-state index in [9.17, 15) is 9.18 Å². The van der Waals surface area contributed by atoms with Crippen LogP contribution in [0.3, 0.4) is 0 Å². The smallest absolute Gasteiger partial charge is 0.242 e. The highest BCUT2D eigenvalue weighted by molar-refractivity contribution is 5.86. The molecular formula is C15H21FN2O. The molecule has 2 rings (SSSR count). The third-order valence-corrected chi connectivity index (χ3v) is 3.65. The van der Waals surface area contributed by atoms with Crippen molar-refractivity contribution in [3.8, 4) is 0 Å². The summed E-state index contributed by atoms with van der Waals surface area (Å²) in [6, 6.07) is 6.77. The molecule has 0 heterocycles. The summed E-state index contributed by atoms with van der Waals surface area (Å²) in [5.74, 6) is -0.185. The van der Waals surface area contributed by atoms with Gasteiger partial charge in [0, 0.05) is 12.6 Å². The lowest BCUT2D eigenvalue weighted by Crippen LogP contribution is -2.53. The number of nitrogens with one attached hydrogen (secondary N) is 1. The molecule has 4 heteroatoms. The van der Waals surface area contributed by atoms with Crippen LogP contribution in [0.15, 0.2) is 24.3 Å². The summed E-state index contributed by atoms with van der Waals surface area (Å²) in [5.41, 5.74) is 0.253. The minimum absolute atomic E-state index is 0.0711. The van der Waals surface area contributed by atoms with E-state index in [1.165, 1.54) is 12.1 Å². The van der Waals surface area contributed by atoms with Crippen LogP contribution in [0.1, 0.15) is 32.3 Å². The SMILES string of the molecule is CNC(C)(C)C(=O)N(Cc1cccc(F)c1)C1CC1. The first-order valence-electron chi connectivity index (χ1n) is 6.68. The van der Waals surface area contributed by atoms with Crippen LogP contribution in [0.2, 0.25) is 0 Å². The largest absolute Gasteiger partial charge is 0.334 e. The molecule has 3 nitrogen and oxygen atoms in total. The number of likely N-dealkylation sites (N-methyl/N-ethyl adjacent to an activating group) is 1. The summed E-state index contributed by atoms with van der Waals surface area (Å²) in [6.07, 6.45) is 2.09. The van der Waals surface area contributed by atoms with Gasteiger partial charge in [-0.3, -0.25) is 4.79 Å². The van der Waals surface area contributed by atoms with Gasteiger partial charge in [-0.1, -0.05) is 12.1 Å². The molecule has 104 valence electrons. The fourth-order valence-electron chi connectivity index (χ4n) is 2.05. The Labute approximate surface area is 113 Å². The fraction of sp³-hybridized carbons (Fsp3) is 0.533. The molecule has 0 radical (unpaired) electrons. The Morgan fingerprint density at radius 1 is 1.47 bits per heavy atom. The number of benzene rings is 1. The lowest BCUT2D eigenvalue weighted by Gasteiger charge is -2.32. The summed E-state index contributed by atoms with van der Waals surface area (Å²) in [7, 11) is 1.78. The molecule has 1 aromatic rings. The van der Waals surface area contributed by atoms with Crippen LogP contribution in [0.25, 0.3) is 0 Å². The quantitative estimate of drug-likeness (QED) is 0.885. The Morgan fingerprint density at radius 2 is 2.16 bits per heavy atom. The molecule has 1 fully saturated rings. The molecule has 0 atom stereocenters. The van der Waals surface area contributed by atoms with Gasteiger partial charge in [0.1, 0.15) is 5.82 Å². The molecule has 0 saturated heterocycles. The predicted octanol–water partition coefficient (Wildman–Crippen LogP) is 2.31. The van der Waals surface area contributed by atoms with Crippen LogP contribution < -0.4 is 5.32 Å². The Bertz CT molecular complexity index is 469. The zero-order valence-corrected chi connectivity index (χ0v) is 11.7. The van der Waals surface area contributed by atoms with Crippen LogP contribution in [-0.2, 0) is 11.3 Å². The minimum atomic E-state index is -0.587. The van der Waals surface area contributed by atoms with E-state index in [0.29, 0.717) is 12.6 Å². The summed E-state index contributed by atoms with van der Waals surface area (Å²) in [6.45, 7) is 4.22. The Hall–Kier alpha value is -1.42. The van der Waals surface area contributed by atoms with Gasteiger partial charge >= 0.3 is 0 Å². The number of halogens is 1. The van der Waals surface area contributed by atoms with Gasteiger partial charge in [-0.05, 0) is 51.4 Å². The van der Waals surface area contributed by atoms with E-state index < -0.39 is 5.54 Å². The summed E-state index contributed by atoms with van der Waals surface area (Å²) >= 11 is 0. The number of hydrogen-bond acceptors (Lipinski definition) is 2. The Balaban J connectivity index is 2.15. The topological polar surface area (TPSA) is 32.3 Å². The maximum absolute atomic E-state index is 13.2. The normalized spacial score (nSPS) is 15.4. The van der Waals surface area contributed by atoms with Gasteiger partial charge < -0.3 is 10.2 Å². The van der Waals surface area contributed by atoms with Gasteiger partial charge in [0.2, 0.25) is 5.91 Å². The molecular weight excluding hydrogens is 243 g/mol. The third-order valence-electron chi connectivity index (χ3n) is 3.65. The number of nitrogens with zero attached hydrogens (tertiary/aromatic N) is 1. The molecule has 0 unspecified atom stereocenters. The van der Waals surface area contributed by atoms with Crippen molar-refractivity contribution >= 4 is 5.91 Å². The Kier molecular flexibility index (Phi) is 3.90. The molecule has 1 aliphatic carbocycles. The van der Waals surface area contributed by atoms with E-state index in [2.05, 4.69) is 5.32 Å². The van der Waals surface area contributed by atoms with Crippen molar-refractivity contribution in [2.24, 2.45) is 0 Å². The van der Waals surface area contributed by atoms with Crippen LogP contribution in [-0.4, -0.2) is 29.4 Å². The monoisotopic (exact) mass is 264 g/mol. The lowest BCUT2D eigenvalue weighted by atomic mass is 10.0. The second kappa shape index (κ2) is 5.29. The molecule has 0 bridgehead atoms. The van der Waals surface area contributed by atoms with Gasteiger partial charge in [-0.15, -0.1) is 0 Å². The van der Waals surface area contributed by atoms with Crippen molar-refractivity contribution in [2.45, 2.75) is 44.8 Å². The van der Waals surface area contributed by atoms with E-state index in [1.807, 2.05) is 24.8 Å². The molecule has 0 aliphatic heterocycles. The molecule has 0 aromatic heterocycles. The molecule has 1 amide bonds. The molecule has 1 N–H and O–H groups in total. The molecule has 1 aliphatic rings. The van der Waals surface area contributed by atoms with Crippen LogP contribution in [0.4, 0.5) is 4.39 Å². The van der Waals surface area contributed by atoms with Crippen LogP contribution >= 0.6 is 0 Å². The highest BCUT2D eigenvalue weighted by Crippen LogP contribution is 2.30. The fourth-order valence-corrected chi connectivity index (χ4v) is 2.05. The van der Waals surface area contributed by atoms with E-state index >= 15 is 0 Å². The highest BCUT2D eigenvalue weighted by Gasteiger charge is 2.38. The number of rotatable bonds is 5. The van der Waals surface area contributed by atoms with Crippen molar-refractivity contribution in [1.29, 1.82) is 0 Å². The first-order chi connectivity index (χ1) is 8.94. The van der Waals surface area contributed by atoms with E-state index in [-0.39, 0.29) is 11.7 Å². The van der Waals surface area contributed by atoms with Crippen LogP contribution in [0, 0.1) is 5.82 Å². The summed E-state index contributed by atoms with van der Waals surface area (Å²) in [5, 5.41) is 3.04. The number of carbonyl (C=O) groups is 1. The van der Waals surface area contributed by atoms with Crippen molar-refractivity contribution < 1.29 is 9.18 Å². The number of amides is 1. The van der Waals surface area contributed by atoms with Crippen LogP contribution in [0.5, 0.6) is 0 Å². The summed E-state index contributed by atoms with van der Waals surface area (Å²) in [4.78, 5) is 14.4. The maximum atomic E-state index is 13.2. The Morgan fingerprint density at radius 3 is 2.68 bits per heavy atom. The van der Waals surface area contributed by atoms with Gasteiger partial charge in [0.25, 0.3) is 0 Å². The van der Waals surface area contributed by atoms with Gasteiger partial charge in [0.15, 0.2) is 0 Å². The molecule has 19 heavy (non-hydrogen) atoms. The third kappa shape index (κ3) is 3.32. The predicted molar refractivity (Wildman–Crippen MR) is 73.1 cm³/mol. The van der Waals surface area contributed by atoms with Crippen molar-refractivity contribution in [3.05, 3.63) is 35.6 Å². The number of carbonyl (C=O) groups excluding carboxylic acids is 1. The van der Waals surface area contributed by atoms with Gasteiger partial charge in [0.05, 0.1) is 5.54 Å². The average Bonchev–Trinajstić information content (AvgIpc) is 3.19. The zero-order valence-electron chi connectivity index (χ0n) is 11.7. The van der Waals surface area contributed by atoms with Crippen molar-refractivity contribution in [2.75, 3.05) is 7.05 Å². The summed E-state index contributed by atoms with van der Waals surface area (Å²) < 4.78 is 13.2. The number of hydrogen-bond donors (Lipinski definition) is 1. The van der Waals surface area contributed by atoms with E-state index in [4.69, 9.17) is 0 Å². The zero-order chi connectivity index (χ0) is 14.0. The lowest BCUT2D eigenvalue weighted by molar-refractivity contribution is -0.138. The standard InChI is InChI=1S/C15H21FN2O/c1-15(2,17-3)14(19)18(13-7-8-13)10-11-5-4-6-12(16)9-11/h4-6,9,13,17H,7-8,10H2,1-3H3. The first-order valence-corrected chi connectivity index (χ1v) is 6.68. The second-order valence-corrected chi connectivity index (χ2v) is 5.67. The second-order valence-electron chi connectivity index (χ2n) is 5.67. The molecule has 0 spiro atoms. The van der Waals surface area contributed by atoms with E-state index in [1.54, 1.807) is 13.1 Å². The first kappa shape index (κ1) is 14.0. The van der Waals surface area contributed by atoms with E-state index in [0.717, 1.165) is 18.4 Å².